The van der Waals surface area contributed by atoms with Gasteiger partial charge in [-0.3, -0.25) is 9.38 Å². The van der Waals surface area contributed by atoms with Crippen LogP contribution in [0.3, 0.4) is 0 Å². The van der Waals surface area contributed by atoms with Gasteiger partial charge in [0, 0.05) is 22.9 Å². The highest BCUT2D eigenvalue weighted by Gasteiger charge is 2.21. The van der Waals surface area contributed by atoms with Crippen LogP contribution in [0.15, 0.2) is 54.9 Å². The van der Waals surface area contributed by atoms with Gasteiger partial charge in [-0.15, -0.1) is 0 Å². The molecule has 2 heterocycles. The van der Waals surface area contributed by atoms with Crippen LogP contribution in [0.4, 0.5) is 5.82 Å². The van der Waals surface area contributed by atoms with Gasteiger partial charge in [0.25, 0.3) is 0 Å². The molecule has 7 heteroatoms. The Morgan fingerprint density at radius 2 is 1.68 bits per heavy atom. The molecule has 0 aliphatic rings. The zero-order valence-corrected chi connectivity index (χ0v) is 18.3. The fraction of sp³-hybridized carbons (Fsp3) is 0.250. The zero-order chi connectivity index (χ0) is 22.2. The number of hydrogen-bond acceptors (Lipinski definition) is 6. The second kappa shape index (κ2) is 7.83. The van der Waals surface area contributed by atoms with Crippen LogP contribution in [-0.4, -0.2) is 39.2 Å². The summed E-state index contributed by atoms with van der Waals surface area (Å²) in [5.41, 5.74) is 3.89. The average molecular weight is 418 g/mol. The number of nitrogens with one attached hydrogen (secondary N) is 1. The van der Waals surface area contributed by atoms with Crippen LogP contribution in [0.2, 0.25) is 0 Å². The molecule has 7 nitrogen and oxygen atoms in total. The lowest BCUT2D eigenvalue weighted by molar-refractivity contribution is 0.373. The van der Waals surface area contributed by atoms with Gasteiger partial charge in [0.15, 0.2) is 17.1 Å². The van der Waals surface area contributed by atoms with Crippen LogP contribution >= 0.6 is 0 Å². The van der Waals surface area contributed by atoms with Crippen LogP contribution < -0.4 is 14.8 Å². The van der Waals surface area contributed by atoms with E-state index in [2.05, 4.69) is 31.1 Å². The first-order valence-electron chi connectivity index (χ1n) is 9.97. The van der Waals surface area contributed by atoms with Crippen molar-refractivity contribution in [2.45, 2.75) is 26.3 Å². The number of anilines is 1. The van der Waals surface area contributed by atoms with Crippen molar-refractivity contribution in [1.82, 2.24) is 14.4 Å². The van der Waals surface area contributed by atoms with Crippen molar-refractivity contribution >= 4 is 11.5 Å². The van der Waals surface area contributed by atoms with E-state index in [0.717, 1.165) is 34.1 Å². The number of aromatic nitrogens is 3. The second-order valence-electron chi connectivity index (χ2n) is 8.30. The molecular formula is C24H26N4O3. The van der Waals surface area contributed by atoms with Crippen molar-refractivity contribution in [2.24, 2.45) is 0 Å². The van der Waals surface area contributed by atoms with E-state index in [0.29, 0.717) is 11.4 Å². The van der Waals surface area contributed by atoms with E-state index in [9.17, 15) is 5.11 Å². The molecule has 0 radical (unpaired) electrons. The van der Waals surface area contributed by atoms with Crippen LogP contribution in [-0.2, 0) is 0 Å². The Balaban J connectivity index is 1.89. The maximum absolute atomic E-state index is 9.99. The summed E-state index contributed by atoms with van der Waals surface area (Å²) in [5.74, 6) is 2.12. The quantitative estimate of drug-likeness (QED) is 0.475. The molecular weight excluding hydrogens is 392 g/mol. The molecule has 4 aromatic rings. The molecule has 0 bridgehead atoms. The molecule has 2 aromatic heterocycles. The predicted octanol–water partition coefficient (Wildman–Crippen LogP) is 5.00. The number of fused-ring (bicyclic) bond motifs is 1. The van der Waals surface area contributed by atoms with Crippen LogP contribution in [0.25, 0.3) is 28.2 Å². The number of aromatic hydroxyl groups is 1. The Morgan fingerprint density at radius 1 is 0.968 bits per heavy atom. The number of hydrogen-bond donors (Lipinski definition) is 2. The van der Waals surface area contributed by atoms with E-state index < -0.39 is 0 Å². The normalized spacial score (nSPS) is 11.5. The standard InChI is InChI=1S/C24H26N4O3/c1-24(2,3)27-23-22(16-8-11-19(29)20(12-16)31-5)26-21-13-25-18(14-28(21)23)15-6-9-17(30-4)10-7-15/h6-14,27,29H,1-5H3. The van der Waals surface area contributed by atoms with Crippen molar-refractivity contribution < 1.29 is 14.6 Å². The Bertz CT molecular complexity index is 1220. The molecule has 2 N–H and O–H groups in total. The molecule has 4 rings (SSSR count). The van der Waals surface area contributed by atoms with Crippen molar-refractivity contribution in [1.29, 1.82) is 0 Å². The minimum absolute atomic E-state index is 0.0869. The Kier molecular flexibility index (Phi) is 5.19. The molecule has 0 spiro atoms. The van der Waals surface area contributed by atoms with Gasteiger partial charge in [0.1, 0.15) is 17.3 Å². The van der Waals surface area contributed by atoms with Crippen molar-refractivity contribution in [3.8, 4) is 39.8 Å². The van der Waals surface area contributed by atoms with Crippen LogP contribution in [0.5, 0.6) is 17.2 Å². The minimum Gasteiger partial charge on any atom is -0.504 e. The van der Waals surface area contributed by atoms with Gasteiger partial charge in [-0.05, 0) is 63.2 Å². The molecule has 0 fully saturated rings. The number of phenols is 1. The maximum atomic E-state index is 9.99. The fourth-order valence-corrected chi connectivity index (χ4v) is 3.37. The van der Waals surface area contributed by atoms with E-state index >= 15 is 0 Å². The van der Waals surface area contributed by atoms with E-state index in [4.69, 9.17) is 14.5 Å². The number of ether oxygens (including phenoxy) is 2. The summed E-state index contributed by atoms with van der Waals surface area (Å²) in [6.45, 7) is 6.29. The third kappa shape index (κ3) is 4.12. The first kappa shape index (κ1) is 20.5. The summed E-state index contributed by atoms with van der Waals surface area (Å²) < 4.78 is 12.6. The minimum atomic E-state index is -0.199. The summed E-state index contributed by atoms with van der Waals surface area (Å²) >= 11 is 0. The lowest BCUT2D eigenvalue weighted by Gasteiger charge is -2.23. The molecule has 0 atom stereocenters. The highest BCUT2D eigenvalue weighted by atomic mass is 16.5. The number of phenolic OH excluding ortho intramolecular Hbond substituents is 1. The average Bonchev–Trinajstić information content (AvgIpc) is 3.10. The number of methoxy groups -OCH3 is 2. The van der Waals surface area contributed by atoms with Crippen molar-refractivity contribution in [3.05, 3.63) is 54.9 Å². The highest BCUT2D eigenvalue weighted by Crippen LogP contribution is 2.36. The summed E-state index contributed by atoms with van der Waals surface area (Å²) in [5, 5.41) is 13.6. The first-order chi connectivity index (χ1) is 14.8. The molecule has 31 heavy (non-hydrogen) atoms. The van der Waals surface area contributed by atoms with Crippen LogP contribution in [0.1, 0.15) is 20.8 Å². The van der Waals surface area contributed by atoms with Gasteiger partial charge >= 0.3 is 0 Å². The highest BCUT2D eigenvalue weighted by molar-refractivity contribution is 5.79. The summed E-state index contributed by atoms with van der Waals surface area (Å²) in [4.78, 5) is 9.42. The molecule has 0 amide bonds. The second-order valence-corrected chi connectivity index (χ2v) is 8.30. The predicted molar refractivity (Wildman–Crippen MR) is 122 cm³/mol. The largest absolute Gasteiger partial charge is 0.504 e. The third-order valence-corrected chi connectivity index (χ3v) is 4.84. The lowest BCUT2D eigenvalue weighted by atomic mass is 10.1. The van der Waals surface area contributed by atoms with Gasteiger partial charge in [0.2, 0.25) is 0 Å². The van der Waals surface area contributed by atoms with Gasteiger partial charge < -0.3 is 19.9 Å². The number of nitrogens with zero attached hydrogens (tertiary/aromatic N) is 3. The van der Waals surface area contributed by atoms with Gasteiger partial charge in [-0.1, -0.05) is 0 Å². The molecule has 0 saturated carbocycles. The molecule has 0 saturated heterocycles. The molecule has 0 aliphatic heterocycles. The zero-order valence-electron chi connectivity index (χ0n) is 18.3. The smallest absolute Gasteiger partial charge is 0.161 e. The topological polar surface area (TPSA) is 80.9 Å². The maximum Gasteiger partial charge on any atom is 0.161 e. The first-order valence-corrected chi connectivity index (χ1v) is 9.97. The SMILES string of the molecule is COc1ccc(-c2cn3c(NC(C)(C)C)c(-c4ccc(O)c(OC)c4)nc3cn2)cc1. The summed E-state index contributed by atoms with van der Waals surface area (Å²) in [6.07, 6.45) is 3.73. The molecule has 160 valence electrons. The Labute approximate surface area is 181 Å². The van der Waals surface area contributed by atoms with Gasteiger partial charge in [-0.2, -0.15) is 0 Å². The molecule has 0 unspecified atom stereocenters. The van der Waals surface area contributed by atoms with Crippen molar-refractivity contribution in [3.63, 3.8) is 0 Å². The lowest BCUT2D eigenvalue weighted by Crippen LogP contribution is -2.27. The van der Waals surface area contributed by atoms with Gasteiger partial charge in [-0.25, -0.2) is 4.98 Å². The van der Waals surface area contributed by atoms with Gasteiger partial charge in [0.05, 0.1) is 26.1 Å². The Morgan fingerprint density at radius 3 is 2.32 bits per heavy atom. The van der Waals surface area contributed by atoms with E-state index in [1.807, 2.05) is 40.9 Å². The summed E-state index contributed by atoms with van der Waals surface area (Å²) in [6, 6.07) is 13.0. The third-order valence-electron chi connectivity index (χ3n) is 4.84. The fourth-order valence-electron chi connectivity index (χ4n) is 3.37. The van der Waals surface area contributed by atoms with E-state index in [-0.39, 0.29) is 11.3 Å². The Hall–Kier alpha value is -3.74. The molecule has 0 aliphatic carbocycles. The summed E-state index contributed by atoms with van der Waals surface area (Å²) in [7, 11) is 3.18. The van der Waals surface area contributed by atoms with Crippen LogP contribution in [0, 0.1) is 0 Å². The van der Waals surface area contributed by atoms with E-state index in [1.54, 1.807) is 25.4 Å². The molecule has 2 aromatic carbocycles. The monoisotopic (exact) mass is 418 g/mol. The number of rotatable bonds is 5. The van der Waals surface area contributed by atoms with Crippen molar-refractivity contribution in [2.75, 3.05) is 19.5 Å². The van der Waals surface area contributed by atoms with E-state index in [1.165, 1.54) is 7.11 Å². The number of imidazole rings is 1. The number of benzene rings is 2.